The molecule has 2 amide bonds. The minimum absolute atomic E-state index is 0.0173. The maximum atomic E-state index is 13.2. The summed E-state index contributed by atoms with van der Waals surface area (Å²) in [4.78, 5) is 31.6. The molecule has 0 aliphatic carbocycles. The van der Waals surface area contributed by atoms with Crippen LogP contribution in [0.5, 0.6) is 0 Å². The molecular formula is C17H16FN3O2S. The number of halogens is 1. The molecule has 3 rings (SSSR count). The Morgan fingerprint density at radius 2 is 2.08 bits per heavy atom. The molecule has 5 nitrogen and oxygen atoms in total. The number of pyridine rings is 1. The molecule has 7 heteroatoms. The van der Waals surface area contributed by atoms with E-state index in [1.165, 1.54) is 28.8 Å². The molecule has 2 heterocycles. The van der Waals surface area contributed by atoms with Gasteiger partial charge in [0.15, 0.2) is 0 Å². The van der Waals surface area contributed by atoms with E-state index >= 15 is 0 Å². The smallest absolute Gasteiger partial charge is 0.246 e. The van der Waals surface area contributed by atoms with Gasteiger partial charge in [-0.3, -0.25) is 14.6 Å². The van der Waals surface area contributed by atoms with E-state index in [1.54, 1.807) is 35.5 Å². The van der Waals surface area contributed by atoms with Gasteiger partial charge in [-0.25, -0.2) is 4.39 Å². The molecule has 2 aromatic rings. The molecule has 1 aliphatic rings. The molecule has 0 N–H and O–H groups in total. The van der Waals surface area contributed by atoms with Crippen LogP contribution in [0.3, 0.4) is 0 Å². The second-order valence-corrected chi connectivity index (χ2v) is 6.34. The molecule has 124 valence electrons. The van der Waals surface area contributed by atoms with Crippen LogP contribution >= 0.6 is 11.8 Å². The maximum Gasteiger partial charge on any atom is 0.246 e. The normalized spacial score (nSPS) is 14.0. The quantitative estimate of drug-likeness (QED) is 0.834. The molecule has 1 fully saturated rings. The van der Waals surface area contributed by atoms with Crippen LogP contribution in [0.2, 0.25) is 0 Å². The molecule has 0 spiro atoms. The highest BCUT2D eigenvalue weighted by molar-refractivity contribution is 8.00. The number of carbonyl (C=O) groups is 2. The number of rotatable bonds is 5. The minimum Gasteiger partial charge on any atom is -0.323 e. The van der Waals surface area contributed by atoms with Crippen LogP contribution in [0.1, 0.15) is 5.56 Å². The average Bonchev–Trinajstić information content (AvgIpc) is 2.99. The van der Waals surface area contributed by atoms with Crippen LogP contribution in [0.4, 0.5) is 10.1 Å². The second-order valence-electron chi connectivity index (χ2n) is 5.39. The molecule has 0 radical (unpaired) electrons. The van der Waals surface area contributed by atoms with Crippen molar-refractivity contribution in [2.75, 3.05) is 23.1 Å². The van der Waals surface area contributed by atoms with Gasteiger partial charge in [-0.2, -0.15) is 0 Å². The van der Waals surface area contributed by atoms with Gasteiger partial charge >= 0.3 is 0 Å². The zero-order chi connectivity index (χ0) is 16.9. The van der Waals surface area contributed by atoms with Gasteiger partial charge in [-0.05, 0) is 35.9 Å². The zero-order valence-corrected chi connectivity index (χ0v) is 13.7. The predicted molar refractivity (Wildman–Crippen MR) is 90.9 cm³/mol. The van der Waals surface area contributed by atoms with Crippen molar-refractivity contribution >= 4 is 29.3 Å². The Morgan fingerprint density at radius 1 is 1.29 bits per heavy atom. The summed E-state index contributed by atoms with van der Waals surface area (Å²) in [5.74, 6) is 0.329. The van der Waals surface area contributed by atoms with Crippen molar-refractivity contribution in [3.8, 4) is 0 Å². The largest absolute Gasteiger partial charge is 0.323 e. The summed E-state index contributed by atoms with van der Waals surface area (Å²) in [7, 11) is 0. The lowest BCUT2D eigenvalue weighted by Gasteiger charge is -2.25. The van der Waals surface area contributed by atoms with Crippen molar-refractivity contribution in [3.63, 3.8) is 0 Å². The molecule has 1 aromatic carbocycles. The van der Waals surface area contributed by atoms with E-state index in [-0.39, 0.29) is 24.2 Å². The van der Waals surface area contributed by atoms with Gasteiger partial charge in [0.2, 0.25) is 11.8 Å². The van der Waals surface area contributed by atoms with Crippen LogP contribution in [-0.4, -0.2) is 39.9 Å². The average molecular weight is 345 g/mol. The number of nitrogens with zero attached hydrogens (tertiary/aromatic N) is 3. The fourth-order valence-electron chi connectivity index (χ4n) is 2.41. The number of anilines is 1. The standard InChI is InChI=1S/C17H16FN3O2S/c18-14-3-5-15(6-4-14)21(9-13-2-1-7-19-8-13)16(22)10-20-12-24-11-17(20)23/h1-8H,9-12H2. The van der Waals surface area contributed by atoms with Gasteiger partial charge in [0, 0.05) is 18.1 Å². The predicted octanol–water partition coefficient (Wildman–Crippen LogP) is 2.29. The van der Waals surface area contributed by atoms with Gasteiger partial charge in [0.1, 0.15) is 12.4 Å². The summed E-state index contributed by atoms with van der Waals surface area (Å²) in [6.45, 7) is 0.330. The van der Waals surface area contributed by atoms with E-state index in [2.05, 4.69) is 4.98 Å². The fraction of sp³-hybridized carbons (Fsp3) is 0.235. The highest BCUT2D eigenvalue weighted by Crippen LogP contribution is 2.20. The van der Waals surface area contributed by atoms with Crippen molar-refractivity contribution < 1.29 is 14.0 Å². The first kappa shape index (κ1) is 16.4. The Kier molecular flexibility index (Phi) is 5.10. The maximum absolute atomic E-state index is 13.2. The zero-order valence-electron chi connectivity index (χ0n) is 12.9. The fourth-order valence-corrected chi connectivity index (χ4v) is 3.31. The Morgan fingerprint density at radius 3 is 2.71 bits per heavy atom. The summed E-state index contributed by atoms with van der Waals surface area (Å²) in [6, 6.07) is 9.41. The first-order valence-electron chi connectivity index (χ1n) is 7.44. The topological polar surface area (TPSA) is 53.5 Å². The number of amides is 2. The third kappa shape index (κ3) is 3.91. The van der Waals surface area contributed by atoms with E-state index in [9.17, 15) is 14.0 Å². The lowest BCUT2D eigenvalue weighted by atomic mass is 10.2. The van der Waals surface area contributed by atoms with Crippen molar-refractivity contribution in [3.05, 3.63) is 60.2 Å². The van der Waals surface area contributed by atoms with Gasteiger partial charge in [-0.1, -0.05) is 6.07 Å². The van der Waals surface area contributed by atoms with Crippen LogP contribution in [0.25, 0.3) is 0 Å². The Balaban J connectivity index is 1.82. The monoisotopic (exact) mass is 345 g/mol. The van der Waals surface area contributed by atoms with Gasteiger partial charge in [-0.15, -0.1) is 11.8 Å². The SMILES string of the molecule is O=C1CSCN1CC(=O)N(Cc1cccnc1)c1ccc(F)cc1. The molecule has 0 unspecified atom stereocenters. The Labute approximate surface area is 143 Å². The number of aromatic nitrogens is 1. The molecule has 1 saturated heterocycles. The van der Waals surface area contributed by atoms with E-state index < -0.39 is 0 Å². The van der Waals surface area contributed by atoms with Gasteiger partial charge in [0.25, 0.3) is 0 Å². The molecule has 0 bridgehead atoms. The number of hydrogen-bond acceptors (Lipinski definition) is 4. The Hall–Kier alpha value is -2.41. The molecular weight excluding hydrogens is 329 g/mol. The number of thioether (sulfide) groups is 1. The summed E-state index contributed by atoms with van der Waals surface area (Å²) in [6.07, 6.45) is 3.34. The first-order chi connectivity index (χ1) is 11.6. The molecule has 1 aliphatic heterocycles. The summed E-state index contributed by atoms with van der Waals surface area (Å²) in [5.41, 5.74) is 1.45. The van der Waals surface area contributed by atoms with Crippen molar-refractivity contribution in [1.29, 1.82) is 0 Å². The number of benzene rings is 1. The number of carbonyl (C=O) groups excluding carboxylic acids is 2. The van der Waals surface area contributed by atoms with Crippen LogP contribution in [-0.2, 0) is 16.1 Å². The Bertz CT molecular complexity index is 724. The van der Waals surface area contributed by atoms with Crippen LogP contribution in [0.15, 0.2) is 48.8 Å². The molecule has 0 saturated carbocycles. The highest BCUT2D eigenvalue weighted by atomic mass is 32.2. The van der Waals surface area contributed by atoms with Crippen molar-refractivity contribution in [2.45, 2.75) is 6.54 Å². The summed E-state index contributed by atoms with van der Waals surface area (Å²) < 4.78 is 13.2. The van der Waals surface area contributed by atoms with Gasteiger partial charge in [0.05, 0.1) is 18.2 Å². The van der Waals surface area contributed by atoms with Gasteiger partial charge < -0.3 is 9.80 Å². The highest BCUT2D eigenvalue weighted by Gasteiger charge is 2.26. The lowest BCUT2D eigenvalue weighted by Crippen LogP contribution is -2.41. The van der Waals surface area contributed by atoms with Crippen molar-refractivity contribution in [2.24, 2.45) is 0 Å². The molecule has 24 heavy (non-hydrogen) atoms. The lowest BCUT2D eigenvalue weighted by molar-refractivity contribution is -0.131. The van der Waals surface area contributed by atoms with E-state index in [4.69, 9.17) is 0 Å². The first-order valence-corrected chi connectivity index (χ1v) is 8.59. The summed E-state index contributed by atoms with van der Waals surface area (Å²) in [5, 5.41) is 0. The molecule has 1 aromatic heterocycles. The van der Waals surface area contributed by atoms with Crippen LogP contribution in [0, 0.1) is 5.82 Å². The molecule has 0 atom stereocenters. The number of hydrogen-bond donors (Lipinski definition) is 0. The summed E-state index contributed by atoms with van der Waals surface area (Å²) >= 11 is 1.49. The minimum atomic E-state index is -0.362. The van der Waals surface area contributed by atoms with E-state index in [0.29, 0.717) is 23.9 Å². The van der Waals surface area contributed by atoms with E-state index in [1.807, 2.05) is 6.07 Å². The van der Waals surface area contributed by atoms with Crippen molar-refractivity contribution in [1.82, 2.24) is 9.88 Å². The van der Waals surface area contributed by atoms with Crippen LogP contribution < -0.4 is 4.90 Å². The third-order valence-corrected chi connectivity index (χ3v) is 4.60. The van der Waals surface area contributed by atoms with E-state index in [0.717, 1.165) is 5.56 Å². The third-order valence-electron chi connectivity index (χ3n) is 3.65. The second kappa shape index (κ2) is 7.44.